The van der Waals surface area contributed by atoms with Gasteiger partial charge in [-0.15, -0.1) is 12.4 Å². The highest BCUT2D eigenvalue weighted by Crippen LogP contribution is 2.25. The number of carbonyl (C=O) groups excluding carboxylic acids is 3. The van der Waals surface area contributed by atoms with E-state index in [2.05, 4.69) is 10.3 Å². The summed E-state index contributed by atoms with van der Waals surface area (Å²) in [6, 6.07) is 17.2. The highest BCUT2D eigenvalue weighted by Gasteiger charge is 2.22. The zero-order chi connectivity index (χ0) is 29.3. The number of rotatable bonds is 10. The maximum absolute atomic E-state index is 13.4. The fraction of sp³-hybridized carbons (Fsp3) is 0.222. The van der Waals surface area contributed by atoms with Crippen molar-refractivity contribution in [2.75, 3.05) is 47.5 Å². The number of benzene rings is 2. The summed E-state index contributed by atoms with van der Waals surface area (Å²) in [7, 11) is 0. The van der Waals surface area contributed by atoms with E-state index >= 15 is 0 Å². The van der Waals surface area contributed by atoms with Crippen molar-refractivity contribution in [3.05, 3.63) is 78.0 Å². The number of nitrogens with one attached hydrogen (secondary N) is 1. The SMILES string of the molecule is Cl.[2H]C([2H])([2H])N(C(=O)CNc1ccc(C#N)cc1)c1ccc(C(=O)N(CCC(=O)OCC)c2ccccn2)cc1N. The maximum Gasteiger partial charge on any atom is 0.307 e. The topological polar surface area (TPSA) is 142 Å². The van der Waals surface area contributed by atoms with Gasteiger partial charge in [-0.3, -0.25) is 19.3 Å². The average molecular weight is 540 g/mol. The molecule has 0 aliphatic carbocycles. The Hall–Kier alpha value is -4.62. The largest absolute Gasteiger partial charge is 0.466 e. The quantitative estimate of drug-likeness (QED) is 0.294. The molecule has 0 unspecified atom stereocenters. The molecule has 198 valence electrons. The van der Waals surface area contributed by atoms with Crippen LogP contribution in [0.25, 0.3) is 0 Å². The van der Waals surface area contributed by atoms with Crippen molar-refractivity contribution < 1.29 is 23.2 Å². The second-order valence-electron chi connectivity index (χ2n) is 7.75. The van der Waals surface area contributed by atoms with Crippen LogP contribution in [0.4, 0.5) is 22.9 Å². The minimum Gasteiger partial charge on any atom is -0.466 e. The number of anilines is 4. The molecule has 0 saturated heterocycles. The van der Waals surface area contributed by atoms with Gasteiger partial charge >= 0.3 is 5.97 Å². The maximum atomic E-state index is 13.4. The first-order chi connectivity index (χ1) is 19.0. The van der Waals surface area contributed by atoms with Crippen LogP contribution in [0, 0.1) is 11.3 Å². The number of nitrogens with two attached hydrogens (primary N) is 1. The number of esters is 1. The van der Waals surface area contributed by atoms with Crippen molar-refractivity contribution in [1.29, 1.82) is 5.26 Å². The van der Waals surface area contributed by atoms with E-state index in [9.17, 15) is 14.4 Å². The van der Waals surface area contributed by atoms with Gasteiger partial charge in [0.25, 0.3) is 5.91 Å². The molecule has 3 rings (SSSR count). The molecule has 38 heavy (non-hydrogen) atoms. The van der Waals surface area contributed by atoms with Gasteiger partial charge in [0.2, 0.25) is 5.91 Å². The van der Waals surface area contributed by atoms with Crippen LogP contribution >= 0.6 is 12.4 Å². The Labute approximate surface area is 231 Å². The summed E-state index contributed by atoms with van der Waals surface area (Å²) in [5.74, 6) is -1.50. The number of aromatic nitrogens is 1. The summed E-state index contributed by atoms with van der Waals surface area (Å²) in [5.41, 5.74) is 7.02. The number of likely N-dealkylation sites (N-methyl/N-ethyl adjacent to an activating group) is 1. The van der Waals surface area contributed by atoms with Crippen LogP contribution in [-0.2, 0) is 14.3 Å². The van der Waals surface area contributed by atoms with Gasteiger partial charge in [-0.25, -0.2) is 4.98 Å². The van der Waals surface area contributed by atoms with Gasteiger partial charge in [-0.05, 0) is 61.5 Å². The zero-order valence-electron chi connectivity index (χ0n) is 23.6. The van der Waals surface area contributed by atoms with E-state index in [1.165, 1.54) is 29.3 Å². The third-order valence-electron chi connectivity index (χ3n) is 5.24. The molecule has 0 saturated carbocycles. The molecule has 0 aliphatic heterocycles. The normalized spacial score (nSPS) is 11.4. The Morgan fingerprint density at radius 1 is 1.16 bits per heavy atom. The lowest BCUT2D eigenvalue weighted by atomic mass is 10.1. The fourth-order valence-corrected chi connectivity index (χ4v) is 3.37. The molecular formula is C27H29ClN6O4. The predicted octanol–water partition coefficient (Wildman–Crippen LogP) is 3.63. The molecular weight excluding hydrogens is 508 g/mol. The smallest absolute Gasteiger partial charge is 0.307 e. The van der Waals surface area contributed by atoms with Crippen LogP contribution in [-0.4, -0.2) is 49.4 Å². The van der Waals surface area contributed by atoms with E-state index in [0.29, 0.717) is 22.0 Å². The second kappa shape index (κ2) is 14.2. The molecule has 11 heteroatoms. The summed E-state index contributed by atoms with van der Waals surface area (Å²) in [4.78, 5) is 44.5. The number of amides is 2. The van der Waals surface area contributed by atoms with E-state index in [0.717, 1.165) is 0 Å². The number of nitriles is 1. The number of nitrogen functional groups attached to an aromatic ring is 1. The minimum atomic E-state index is -2.87. The van der Waals surface area contributed by atoms with E-state index in [1.54, 1.807) is 49.4 Å². The fourth-order valence-electron chi connectivity index (χ4n) is 3.37. The van der Waals surface area contributed by atoms with E-state index in [4.69, 9.17) is 19.8 Å². The molecule has 0 bridgehead atoms. The van der Waals surface area contributed by atoms with Crippen molar-refractivity contribution in [2.45, 2.75) is 13.3 Å². The molecule has 10 nitrogen and oxygen atoms in total. The van der Waals surface area contributed by atoms with Crippen LogP contribution in [0.1, 0.15) is 33.4 Å². The van der Waals surface area contributed by atoms with Gasteiger partial charge in [-0.2, -0.15) is 5.26 Å². The summed E-state index contributed by atoms with van der Waals surface area (Å²) >= 11 is 0. The summed E-state index contributed by atoms with van der Waals surface area (Å²) < 4.78 is 28.7. The number of halogens is 1. The number of hydrogen-bond donors (Lipinski definition) is 2. The molecule has 0 spiro atoms. The van der Waals surface area contributed by atoms with Gasteiger partial charge in [0.1, 0.15) is 5.82 Å². The molecule has 1 heterocycles. The molecule has 2 aromatic carbocycles. The van der Waals surface area contributed by atoms with Crippen molar-refractivity contribution in [2.24, 2.45) is 0 Å². The number of carbonyl (C=O) groups is 3. The van der Waals surface area contributed by atoms with Crippen LogP contribution in [0.2, 0.25) is 0 Å². The Morgan fingerprint density at radius 3 is 2.53 bits per heavy atom. The Bertz CT molecular complexity index is 1400. The van der Waals surface area contributed by atoms with Crippen molar-refractivity contribution in [3.63, 3.8) is 0 Å². The van der Waals surface area contributed by atoms with Gasteiger partial charge in [0.15, 0.2) is 0 Å². The van der Waals surface area contributed by atoms with Crippen LogP contribution in [0.15, 0.2) is 66.9 Å². The van der Waals surface area contributed by atoms with Crippen LogP contribution in [0.5, 0.6) is 0 Å². The first-order valence-corrected chi connectivity index (χ1v) is 11.4. The molecule has 3 aromatic rings. The number of hydrogen-bond acceptors (Lipinski definition) is 8. The summed E-state index contributed by atoms with van der Waals surface area (Å²) in [5, 5.41) is 11.8. The van der Waals surface area contributed by atoms with Crippen LogP contribution in [0.3, 0.4) is 0 Å². The Balaban J connectivity index is 0.00000588. The summed E-state index contributed by atoms with van der Waals surface area (Å²) in [6.07, 6.45) is 1.43. The zero-order valence-corrected chi connectivity index (χ0v) is 21.4. The van der Waals surface area contributed by atoms with Gasteiger partial charge in [0.05, 0.1) is 42.6 Å². The number of pyridine rings is 1. The Kier molecular flexibility index (Phi) is 9.36. The van der Waals surface area contributed by atoms with Crippen molar-refractivity contribution in [1.82, 2.24) is 4.98 Å². The van der Waals surface area contributed by atoms with E-state index in [-0.39, 0.29) is 55.5 Å². The monoisotopic (exact) mass is 539 g/mol. The van der Waals surface area contributed by atoms with Crippen molar-refractivity contribution in [3.8, 4) is 6.07 Å². The third-order valence-corrected chi connectivity index (χ3v) is 5.24. The van der Waals surface area contributed by atoms with E-state index in [1.807, 2.05) is 6.07 Å². The lowest BCUT2D eigenvalue weighted by Gasteiger charge is -2.23. The van der Waals surface area contributed by atoms with Gasteiger partial charge in [0, 0.05) is 35.1 Å². The molecule has 0 aliphatic rings. The first-order valence-electron chi connectivity index (χ1n) is 12.9. The lowest BCUT2D eigenvalue weighted by molar-refractivity contribution is -0.142. The minimum absolute atomic E-state index is 0. The number of ether oxygens (including phenoxy) is 1. The van der Waals surface area contributed by atoms with E-state index < -0.39 is 24.8 Å². The highest BCUT2D eigenvalue weighted by atomic mass is 35.5. The van der Waals surface area contributed by atoms with Gasteiger partial charge < -0.3 is 20.7 Å². The molecule has 1 aromatic heterocycles. The lowest BCUT2D eigenvalue weighted by Crippen LogP contribution is -2.34. The second-order valence-corrected chi connectivity index (χ2v) is 7.75. The first kappa shape index (κ1) is 25.0. The molecule has 3 N–H and O–H groups in total. The number of nitrogens with zero attached hydrogens (tertiary/aromatic N) is 4. The standard InChI is InChI=1S/C27H28N6O4.ClH/c1-3-37-26(35)13-15-33(24-6-4-5-14-30-24)27(36)20-9-12-23(22(29)16-20)32(2)25(34)18-31-21-10-7-19(17-28)8-11-21;/h4-12,14,16,31H,3,13,15,18,29H2,1-2H3;1H/i2D3;. The van der Waals surface area contributed by atoms with Gasteiger partial charge in [-0.1, -0.05) is 6.07 Å². The van der Waals surface area contributed by atoms with Crippen LogP contribution < -0.4 is 20.9 Å². The Morgan fingerprint density at radius 2 is 1.92 bits per heavy atom. The third kappa shape index (κ3) is 7.69. The highest BCUT2D eigenvalue weighted by molar-refractivity contribution is 6.07. The predicted molar refractivity (Wildman–Crippen MR) is 148 cm³/mol. The molecule has 0 fully saturated rings. The molecule has 0 radical (unpaired) electrons. The average Bonchev–Trinajstić information content (AvgIpc) is 2.93. The summed E-state index contributed by atoms with van der Waals surface area (Å²) in [6.45, 7) is -1.37. The van der Waals surface area contributed by atoms with Crippen molar-refractivity contribution >= 4 is 53.1 Å². The molecule has 0 atom stereocenters. The molecule has 2 amide bonds.